The van der Waals surface area contributed by atoms with Crippen molar-refractivity contribution in [3.63, 3.8) is 0 Å². The molecule has 30 heavy (non-hydrogen) atoms. The van der Waals surface area contributed by atoms with E-state index in [4.69, 9.17) is 5.41 Å². The first-order valence-corrected chi connectivity index (χ1v) is 11.0. The van der Waals surface area contributed by atoms with Gasteiger partial charge < -0.3 is 4.57 Å². The summed E-state index contributed by atoms with van der Waals surface area (Å²) in [6.45, 7) is 8.27. The van der Waals surface area contributed by atoms with Crippen LogP contribution in [-0.4, -0.2) is 31.5 Å². The molecule has 2 aromatic rings. The van der Waals surface area contributed by atoms with Crippen LogP contribution in [0.25, 0.3) is 11.8 Å². The lowest BCUT2D eigenvalue weighted by Crippen LogP contribution is -2.35. The molecule has 0 radical (unpaired) electrons. The van der Waals surface area contributed by atoms with Crippen LogP contribution in [0.15, 0.2) is 46.0 Å². The largest absolute Gasteiger partial charge is 0.318 e. The van der Waals surface area contributed by atoms with E-state index in [9.17, 15) is 4.79 Å². The molecule has 2 aliphatic rings. The number of amides is 1. The Bertz CT molecular complexity index is 1140. The van der Waals surface area contributed by atoms with E-state index in [1.54, 1.807) is 6.08 Å². The summed E-state index contributed by atoms with van der Waals surface area (Å²) in [6, 6.07) is 10.4. The highest BCUT2D eigenvalue weighted by Gasteiger charge is 2.35. The Labute approximate surface area is 180 Å². The highest BCUT2D eigenvalue weighted by molar-refractivity contribution is 8.26. The molecule has 0 bridgehead atoms. The van der Waals surface area contributed by atoms with Crippen molar-refractivity contribution in [1.29, 1.82) is 5.41 Å². The van der Waals surface area contributed by atoms with Gasteiger partial charge in [0.25, 0.3) is 5.91 Å². The molecule has 154 valence electrons. The molecule has 0 spiro atoms. The molecular weight excluding hydrogens is 394 g/mol. The number of hydrazone groups is 1. The smallest absolute Gasteiger partial charge is 0.283 e. The number of benzene rings is 1. The van der Waals surface area contributed by atoms with Gasteiger partial charge in [0.05, 0.1) is 5.57 Å². The molecule has 4 rings (SSSR count). The van der Waals surface area contributed by atoms with Gasteiger partial charge in [-0.15, -0.1) is 0 Å². The molecule has 0 fully saturated rings. The van der Waals surface area contributed by atoms with E-state index < -0.39 is 0 Å². The predicted octanol–water partition coefficient (Wildman–Crippen LogP) is 5.21. The third-order valence-electron chi connectivity index (χ3n) is 5.27. The first kappa shape index (κ1) is 20.3. The van der Waals surface area contributed by atoms with Gasteiger partial charge in [-0.25, -0.2) is 0 Å². The summed E-state index contributed by atoms with van der Waals surface area (Å²) >= 11 is 1.39. The topological polar surface area (TPSA) is 73.8 Å². The van der Waals surface area contributed by atoms with E-state index >= 15 is 0 Å². The minimum absolute atomic E-state index is 0.0874. The number of hydrogen-bond donors (Lipinski definition) is 1. The van der Waals surface area contributed by atoms with Gasteiger partial charge >= 0.3 is 0 Å². The Morgan fingerprint density at radius 2 is 2.00 bits per heavy atom. The molecule has 6 nitrogen and oxygen atoms in total. The van der Waals surface area contributed by atoms with Gasteiger partial charge in [0.1, 0.15) is 5.04 Å². The van der Waals surface area contributed by atoms with E-state index in [0.717, 1.165) is 46.9 Å². The van der Waals surface area contributed by atoms with Gasteiger partial charge in [0.15, 0.2) is 5.84 Å². The maximum absolute atomic E-state index is 12.7. The Hall–Kier alpha value is -2.93. The third-order valence-corrected chi connectivity index (χ3v) is 6.24. The predicted molar refractivity (Wildman–Crippen MR) is 125 cm³/mol. The summed E-state index contributed by atoms with van der Waals surface area (Å²) in [4.78, 5) is 16.9. The average molecular weight is 420 g/mol. The average Bonchev–Trinajstić information content (AvgIpc) is 3.23. The standard InChI is InChI=1S/C23H25N5OS/c1-5-6-10-20-26-28-21(24)19(22(29)25-23(28)30-20)13-17-12-15(3)27(16(17)4)18-9-7-8-14(2)11-18/h7-9,11-13,24H,5-6,10H2,1-4H3/b19-13-,24-21?. The zero-order valence-electron chi connectivity index (χ0n) is 17.7. The summed E-state index contributed by atoms with van der Waals surface area (Å²) < 4.78 is 2.16. The number of fused-ring (bicyclic) bond motifs is 1. The number of aryl methyl sites for hydroxylation is 2. The number of amidine groups is 2. The SMILES string of the molecule is CCCCC1=NN2C(=N)/C(=C/c3cc(C)n(-c4cccc(C)c4)c3C)C(=O)N=C2S1. The van der Waals surface area contributed by atoms with Crippen LogP contribution in [-0.2, 0) is 4.79 Å². The number of aliphatic imine (C=N–C) groups is 1. The van der Waals surface area contributed by atoms with E-state index in [1.165, 1.54) is 22.3 Å². The molecule has 0 aliphatic carbocycles. The van der Waals surface area contributed by atoms with Gasteiger partial charge in [-0.3, -0.25) is 10.2 Å². The molecule has 2 aliphatic heterocycles. The Morgan fingerprint density at radius 3 is 2.73 bits per heavy atom. The zero-order valence-corrected chi connectivity index (χ0v) is 18.5. The van der Waals surface area contributed by atoms with Crippen molar-refractivity contribution in [2.75, 3.05) is 0 Å². The van der Waals surface area contributed by atoms with E-state index in [-0.39, 0.29) is 17.3 Å². The number of hydrogen-bond acceptors (Lipinski definition) is 4. The van der Waals surface area contributed by atoms with Gasteiger partial charge in [0.2, 0.25) is 5.17 Å². The number of unbranched alkanes of at least 4 members (excludes halogenated alkanes) is 1. The van der Waals surface area contributed by atoms with Crippen LogP contribution in [0.1, 0.15) is 48.7 Å². The molecule has 0 unspecified atom stereocenters. The number of nitrogens with one attached hydrogen (secondary N) is 1. The molecule has 1 aromatic carbocycles. The lowest BCUT2D eigenvalue weighted by molar-refractivity contribution is -0.114. The molecule has 1 amide bonds. The summed E-state index contributed by atoms with van der Waals surface area (Å²) in [5.74, 6) is -0.296. The Kier molecular flexibility index (Phi) is 5.47. The quantitative estimate of drug-likeness (QED) is 0.676. The fourth-order valence-corrected chi connectivity index (χ4v) is 4.64. The van der Waals surface area contributed by atoms with Crippen LogP contribution in [0.2, 0.25) is 0 Å². The van der Waals surface area contributed by atoms with Crippen LogP contribution >= 0.6 is 11.8 Å². The van der Waals surface area contributed by atoms with Gasteiger partial charge in [0, 0.05) is 17.1 Å². The maximum atomic E-state index is 12.7. The first-order valence-electron chi connectivity index (χ1n) is 10.1. The van der Waals surface area contributed by atoms with Crippen molar-refractivity contribution in [3.05, 3.63) is 58.4 Å². The minimum atomic E-state index is -0.383. The molecular formula is C23H25N5OS. The van der Waals surface area contributed by atoms with Crippen molar-refractivity contribution in [3.8, 4) is 5.69 Å². The van der Waals surface area contributed by atoms with E-state index in [0.29, 0.717) is 5.17 Å². The Balaban J connectivity index is 1.69. The summed E-state index contributed by atoms with van der Waals surface area (Å²) in [5, 5.41) is 16.0. The van der Waals surface area contributed by atoms with Crippen LogP contribution in [0.5, 0.6) is 0 Å². The number of carbonyl (C=O) groups excluding carboxylic acids is 1. The van der Waals surface area contributed by atoms with Crippen LogP contribution < -0.4 is 0 Å². The van der Waals surface area contributed by atoms with Crippen LogP contribution in [0.3, 0.4) is 0 Å². The van der Waals surface area contributed by atoms with Crippen LogP contribution in [0, 0.1) is 26.2 Å². The summed E-state index contributed by atoms with van der Waals surface area (Å²) in [5.41, 5.74) is 5.53. The number of rotatable bonds is 5. The number of nitrogens with zero attached hydrogens (tertiary/aromatic N) is 4. The fraction of sp³-hybridized carbons (Fsp3) is 0.304. The third kappa shape index (κ3) is 3.65. The van der Waals surface area contributed by atoms with E-state index in [1.807, 2.05) is 26.0 Å². The van der Waals surface area contributed by atoms with Crippen molar-refractivity contribution in [2.45, 2.75) is 47.0 Å². The second-order valence-electron chi connectivity index (χ2n) is 7.62. The molecule has 0 atom stereocenters. The van der Waals surface area contributed by atoms with Gasteiger partial charge in [-0.05, 0) is 80.8 Å². The zero-order chi connectivity index (χ0) is 21.4. The summed E-state index contributed by atoms with van der Waals surface area (Å²) in [7, 11) is 0. The lowest BCUT2D eigenvalue weighted by atomic mass is 10.1. The molecule has 7 heteroatoms. The van der Waals surface area contributed by atoms with Gasteiger partial charge in [-0.1, -0.05) is 25.5 Å². The molecule has 0 saturated carbocycles. The number of carbonyl (C=O) groups is 1. The van der Waals surface area contributed by atoms with Gasteiger partial charge in [-0.2, -0.15) is 15.1 Å². The minimum Gasteiger partial charge on any atom is -0.318 e. The summed E-state index contributed by atoms with van der Waals surface area (Å²) in [6.07, 6.45) is 4.71. The second-order valence-corrected chi connectivity index (χ2v) is 8.66. The maximum Gasteiger partial charge on any atom is 0.283 e. The van der Waals surface area contributed by atoms with E-state index in [2.05, 4.69) is 46.7 Å². The normalized spacial score (nSPS) is 17.5. The van der Waals surface area contributed by atoms with Crippen molar-refractivity contribution < 1.29 is 4.79 Å². The van der Waals surface area contributed by atoms with Crippen molar-refractivity contribution >= 4 is 39.8 Å². The molecule has 1 aromatic heterocycles. The highest BCUT2D eigenvalue weighted by atomic mass is 32.2. The Morgan fingerprint density at radius 1 is 1.20 bits per heavy atom. The molecule has 3 heterocycles. The number of aromatic nitrogens is 1. The second kappa shape index (κ2) is 8.07. The molecule has 1 N–H and O–H groups in total. The van der Waals surface area contributed by atoms with Crippen LogP contribution in [0.4, 0.5) is 0 Å². The first-order chi connectivity index (χ1) is 14.4. The lowest BCUT2D eigenvalue weighted by Gasteiger charge is -2.20. The number of thioether (sulfide) groups is 1. The molecule has 0 saturated heterocycles. The van der Waals surface area contributed by atoms with Crippen molar-refractivity contribution in [1.82, 2.24) is 9.58 Å². The fourth-order valence-electron chi connectivity index (χ4n) is 3.71. The highest BCUT2D eigenvalue weighted by Crippen LogP contribution is 2.31. The van der Waals surface area contributed by atoms with Crippen molar-refractivity contribution in [2.24, 2.45) is 10.1 Å². The monoisotopic (exact) mass is 419 g/mol.